The third kappa shape index (κ3) is 3.80. The maximum Gasteiger partial charge on any atom is 0.0558 e. The molecule has 1 aromatic carbocycles. The van der Waals surface area contributed by atoms with Gasteiger partial charge in [0, 0.05) is 24.7 Å². The van der Waals surface area contributed by atoms with Crippen LogP contribution in [0, 0.1) is 0 Å². The van der Waals surface area contributed by atoms with Crippen molar-refractivity contribution in [1.29, 1.82) is 0 Å². The maximum absolute atomic E-state index is 8.77. The zero-order chi connectivity index (χ0) is 11.3. The first-order chi connectivity index (χ1) is 7.17. The number of aliphatic hydroxyl groups is 1. The van der Waals surface area contributed by atoms with E-state index < -0.39 is 0 Å². The molecule has 3 nitrogen and oxygen atoms in total. The molecule has 0 aliphatic carbocycles. The molecular formula is C11H17ClN2O. The Balaban J connectivity index is 2.69. The molecule has 0 amide bonds. The summed E-state index contributed by atoms with van der Waals surface area (Å²) in [6.07, 6.45) is 0. The highest BCUT2D eigenvalue weighted by Crippen LogP contribution is 2.18. The Labute approximate surface area is 95.5 Å². The van der Waals surface area contributed by atoms with Crippen LogP contribution in [0.1, 0.15) is 11.1 Å². The molecule has 0 fully saturated rings. The van der Waals surface area contributed by atoms with Gasteiger partial charge >= 0.3 is 0 Å². The SMILES string of the molecule is CN(CCO)Cc1ccc(CN)cc1Cl. The Kier molecular flexibility index (Phi) is 5.05. The van der Waals surface area contributed by atoms with E-state index in [1.54, 1.807) is 0 Å². The van der Waals surface area contributed by atoms with Crippen LogP contribution in [-0.2, 0) is 13.1 Å². The van der Waals surface area contributed by atoms with Crippen LogP contribution in [0.5, 0.6) is 0 Å². The van der Waals surface area contributed by atoms with Crippen molar-refractivity contribution in [2.45, 2.75) is 13.1 Å². The topological polar surface area (TPSA) is 49.5 Å². The summed E-state index contributed by atoms with van der Waals surface area (Å²) in [7, 11) is 1.95. The average Bonchev–Trinajstić information content (AvgIpc) is 2.21. The summed E-state index contributed by atoms with van der Waals surface area (Å²) >= 11 is 6.11. The molecule has 1 rings (SSSR count). The lowest BCUT2D eigenvalue weighted by Gasteiger charge is -2.16. The van der Waals surface area contributed by atoms with Crippen LogP contribution in [0.25, 0.3) is 0 Å². The lowest BCUT2D eigenvalue weighted by Crippen LogP contribution is -2.21. The van der Waals surface area contributed by atoms with Crippen molar-refractivity contribution in [3.63, 3.8) is 0 Å². The van der Waals surface area contributed by atoms with Crippen molar-refractivity contribution in [1.82, 2.24) is 4.90 Å². The monoisotopic (exact) mass is 228 g/mol. The fraction of sp³-hybridized carbons (Fsp3) is 0.455. The van der Waals surface area contributed by atoms with E-state index in [4.69, 9.17) is 22.4 Å². The second kappa shape index (κ2) is 6.08. The highest BCUT2D eigenvalue weighted by molar-refractivity contribution is 6.31. The van der Waals surface area contributed by atoms with Gasteiger partial charge < -0.3 is 10.8 Å². The Morgan fingerprint density at radius 1 is 1.47 bits per heavy atom. The van der Waals surface area contributed by atoms with Gasteiger partial charge in [-0.1, -0.05) is 23.7 Å². The molecule has 0 aromatic heterocycles. The molecule has 0 unspecified atom stereocenters. The molecule has 0 saturated carbocycles. The first-order valence-corrected chi connectivity index (χ1v) is 5.32. The Bertz CT molecular complexity index is 317. The second-order valence-corrected chi connectivity index (χ2v) is 4.00. The zero-order valence-corrected chi connectivity index (χ0v) is 9.67. The van der Waals surface area contributed by atoms with Crippen molar-refractivity contribution in [3.05, 3.63) is 34.3 Å². The van der Waals surface area contributed by atoms with Crippen LogP contribution in [0.3, 0.4) is 0 Å². The first kappa shape index (κ1) is 12.5. The van der Waals surface area contributed by atoms with E-state index in [2.05, 4.69) is 0 Å². The summed E-state index contributed by atoms with van der Waals surface area (Å²) < 4.78 is 0. The van der Waals surface area contributed by atoms with Gasteiger partial charge in [0.2, 0.25) is 0 Å². The van der Waals surface area contributed by atoms with Gasteiger partial charge in [-0.25, -0.2) is 0 Å². The van der Waals surface area contributed by atoms with Gasteiger partial charge in [-0.3, -0.25) is 4.90 Å². The van der Waals surface area contributed by atoms with Crippen LogP contribution >= 0.6 is 11.6 Å². The van der Waals surface area contributed by atoms with Crippen LogP contribution in [-0.4, -0.2) is 30.2 Å². The minimum Gasteiger partial charge on any atom is -0.395 e. The average molecular weight is 229 g/mol. The molecule has 0 spiro atoms. The number of nitrogens with two attached hydrogens (primary N) is 1. The summed E-state index contributed by atoms with van der Waals surface area (Å²) in [6.45, 7) is 2.06. The van der Waals surface area contributed by atoms with Crippen LogP contribution in [0.2, 0.25) is 5.02 Å². The molecular weight excluding hydrogens is 212 g/mol. The van der Waals surface area contributed by atoms with Crippen molar-refractivity contribution < 1.29 is 5.11 Å². The lowest BCUT2D eigenvalue weighted by molar-refractivity contribution is 0.217. The van der Waals surface area contributed by atoms with Crippen molar-refractivity contribution >= 4 is 11.6 Å². The molecule has 15 heavy (non-hydrogen) atoms. The third-order valence-electron chi connectivity index (χ3n) is 2.28. The van der Waals surface area contributed by atoms with E-state index in [-0.39, 0.29) is 6.61 Å². The summed E-state index contributed by atoms with van der Waals surface area (Å²) in [5.74, 6) is 0. The predicted octanol–water partition coefficient (Wildman–Crippen LogP) is 1.22. The van der Waals surface area contributed by atoms with Gasteiger partial charge in [-0.05, 0) is 24.2 Å². The molecule has 4 heteroatoms. The summed E-state index contributed by atoms with van der Waals surface area (Å²) in [6, 6.07) is 5.86. The number of rotatable bonds is 5. The summed E-state index contributed by atoms with van der Waals surface area (Å²) in [5.41, 5.74) is 7.61. The van der Waals surface area contributed by atoms with E-state index in [1.807, 2.05) is 30.1 Å². The first-order valence-electron chi connectivity index (χ1n) is 4.94. The Morgan fingerprint density at radius 3 is 2.73 bits per heavy atom. The van der Waals surface area contributed by atoms with E-state index in [0.717, 1.165) is 22.7 Å². The molecule has 0 bridgehead atoms. The predicted molar refractivity (Wildman–Crippen MR) is 62.8 cm³/mol. The van der Waals surface area contributed by atoms with E-state index >= 15 is 0 Å². The van der Waals surface area contributed by atoms with Crippen molar-refractivity contribution in [3.8, 4) is 0 Å². The molecule has 0 aliphatic heterocycles. The second-order valence-electron chi connectivity index (χ2n) is 3.59. The molecule has 0 radical (unpaired) electrons. The van der Waals surface area contributed by atoms with Gasteiger partial charge in [-0.2, -0.15) is 0 Å². The van der Waals surface area contributed by atoms with Crippen LogP contribution in [0.15, 0.2) is 18.2 Å². The Morgan fingerprint density at radius 2 is 2.20 bits per heavy atom. The number of nitrogens with zero attached hydrogens (tertiary/aromatic N) is 1. The molecule has 0 aliphatic rings. The maximum atomic E-state index is 8.77. The van der Waals surface area contributed by atoms with E-state index in [9.17, 15) is 0 Å². The van der Waals surface area contributed by atoms with Crippen LogP contribution in [0.4, 0.5) is 0 Å². The standard InChI is InChI=1S/C11H17ClN2O/c1-14(4-5-15)8-10-3-2-9(7-13)6-11(10)12/h2-3,6,15H,4-5,7-8,13H2,1H3. The minimum absolute atomic E-state index is 0.162. The fourth-order valence-electron chi connectivity index (χ4n) is 1.39. The van der Waals surface area contributed by atoms with Crippen LogP contribution < -0.4 is 5.73 Å². The van der Waals surface area contributed by atoms with Crippen molar-refractivity contribution in [2.75, 3.05) is 20.2 Å². The quantitative estimate of drug-likeness (QED) is 0.797. The highest BCUT2D eigenvalue weighted by Gasteiger charge is 2.04. The van der Waals surface area contributed by atoms with Gasteiger partial charge in [0.25, 0.3) is 0 Å². The van der Waals surface area contributed by atoms with Gasteiger partial charge in [-0.15, -0.1) is 0 Å². The number of halogens is 1. The smallest absolute Gasteiger partial charge is 0.0558 e. The lowest BCUT2D eigenvalue weighted by atomic mass is 10.1. The molecule has 0 heterocycles. The van der Waals surface area contributed by atoms with Gasteiger partial charge in [0.15, 0.2) is 0 Å². The molecule has 3 N–H and O–H groups in total. The molecule has 84 valence electrons. The van der Waals surface area contributed by atoms with Gasteiger partial charge in [0.1, 0.15) is 0 Å². The number of hydrogen-bond donors (Lipinski definition) is 2. The number of aliphatic hydroxyl groups excluding tert-OH is 1. The fourth-order valence-corrected chi connectivity index (χ4v) is 1.65. The highest BCUT2D eigenvalue weighted by atomic mass is 35.5. The summed E-state index contributed by atoms with van der Waals surface area (Å²) in [5, 5.41) is 9.51. The van der Waals surface area contributed by atoms with Crippen molar-refractivity contribution in [2.24, 2.45) is 5.73 Å². The molecule has 1 aromatic rings. The Hall–Kier alpha value is -0.610. The van der Waals surface area contributed by atoms with Gasteiger partial charge in [0.05, 0.1) is 6.61 Å². The third-order valence-corrected chi connectivity index (χ3v) is 2.63. The molecule has 0 saturated heterocycles. The number of likely N-dealkylation sites (N-methyl/N-ethyl adjacent to an activating group) is 1. The van der Waals surface area contributed by atoms with E-state index in [0.29, 0.717) is 13.1 Å². The molecule has 0 atom stereocenters. The summed E-state index contributed by atoms with van der Waals surface area (Å²) in [4.78, 5) is 2.02. The number of hydrogen-bond acceptors (Lipinski definition) is 3. The largest absolute Gasteiger partial charge is 0.395 e. The number of benzene rings is 1. The minimum atomic E-state index is 0.162. The zero-order valence-electron chi connectivity index (χ0n) is 8.91. The normalized spacial score (nSPS) is 11.0. The van der Waals surface area contributed by atoms with E-state index in [1.165, 1.54) is 0 Å².